The second-order valence-electron chi connectivity index (χ2n) is 6.79. The van der Waals surface area contributed by atoms with Crippen molar-refractivity contribution in [3.05, 3.63) is 0 Å². The van der Waals surface area contributed by atoms with Gasteiger partial charge >= 0.3 is 6.09 Å². The lowest BCUT2D eigenvalue weighted by Gasteiger charge is -2.40. The molecule has 0 aromatic rings. The highest BCUT2D eigenvalue weighted by atomic mass is 16.6. The molecule has 1 heterocycles. The minimum Gasteiger partial charge on any atom is -0.444 e. The molecule has 6 nitrogen and oxygen atoms in total. The summed E-state index contributed by atoms with van der Waals surface area (Å²) in [5.74, 6) is -0.108. The van der Waals surface area contributed by atoms with Crippen molar-refractivity contribution in [2.45, 2.75) is 64.7 Å². The van der Waals surface area contributed by atoms with Gasteiger partial charge in [-0.15, -0.1) is 0 Å². The number of piperidine rings is 1. The number of nitrogens with zero attached hydrogens (tertiary/aromatic N) is 1. The Morgan fingerprint density at radius 3 is 2.10 bits per heavy atom. The zero-order chi connectivity index (χ0) is 16.3. The van der Waals surface area contributed by atoms with E-state index >= 15 is 0 Å². The maximum atomic E-state index is 12.3. The third-order valence-electron chi connectivity index (χ3n) is 3.45. The highest BCUT2D eigenvalue weighted by Gasteiger charge is 2.43. The molecular weight excluding hydrogens is 272 g/mol. The van der Waals surface area contributed by atoms with Gasteiger partial charge in [0, 0.05) is 39.1 Å². The molecule has 0 aromatic heterocycles. The first-order chi connectivity index (χ1) is 9.59. The molecule has 0 saturated carbocycles. The molecule has 0 unspecified atom stereocenters. The Bertz CT molecular complexity index is 380. The van der Waals surface area contributed by atoms with E-state index in [0.29, 0.717) is 25.9 Å². The van der Waals surface area contributed by atoms with Gasteiger partial charge in [-0.25, -0.2) is 4.79 Å². The summed E-state index contributed by atoms with van der Waals surface area (Å²) in [5.41, 5.74) is -1.36. The van der Waals surface area contributed by atoms with E-state index in [4.69, 9.17) is 9.47 Å². The molecule has 1 N–H and O–H groups in total. The summed E-state index contributed by atoms with van der Waals surface area (Å²) in [6, 6.07) is 0.0633. The zero-order valence-corrected chi connectivity index (χ0v) is 14.0. The number of amides is 2. The SMILES string of the molecule is COC1(C(=O)NC(C)C)CCN(C(=O)OC(C)(C)C)CC1. The standard InChI is InChI=1S/C15H28N2O4/c1-11(2)16-12(18)15(20-6)7-9-17(10-8-15)13(19)21-14(3,4)5/h11H,7-10H2,1-6H3,(H,16,18). The lowest BCUT2D eigenvalue weighted by atomic mass is 9.90. The number of methoxy groups -OCH3 is 1. The van der Waals surface area contributed by atoms with E-state index in [9.17, 15) is 9.59 Å². The summed E-state index contributed by atoms with van der Waals surface area (Å²) in [5, 5.41) is 2.89. The fourth-order valence-corrected chi connectivity index (χ4v) is 2.29. The summed E-state index contributed by atoms with van der Waals surface area (Å²) in [7, 11) is 1.54. The van der Waals surface area contributed by atoms with Crippen molar-refractivity contribution in [1.29, 1.82) is 0 Å². The average molecular weight is 300 g/mol. The van der Waals surface area contributed by atoms with Gasteiger partial charge in [0.25, 0.3) is 5.91 Å². The lowest BCUT2D eigenvalue weighted by Crippen LogP contribution is -2.57. The van der Waals surface area contributed by atoms with Crippen LogP contribution in [0.1, 0.15) is 47.5 Å². The molecule has 0 spiro atoms. The number of rotatable bonds is 3. The Balaban J connectivity index is 2.64. The van der Waals surface area contributed by atoms with Crippen LogP contribution >= 0.6 is 0 Å². The van der Waals surface area contributed by atoms with Crippen LogP contribution in [-0.2, 0) is 14.3 Å². The first-order valence-corrected chi connectivity index (χ1v) is 7.44. The van der Waals surface area contributed by atoms with Crippen molar-refractivity contribution in [3.63, 3.8) is 0 Å². The van der Waals surface area contributed by atoms with Crippen molar-refractivity contribution in [2.75, 3.05) is 20.2 Å². The zero-order valence-electron chi connectivity index (χ0n) is 14.0. The second-order valence-corrected chi connectivity index (χ2v) is 6.79. The van der Waals surface area contributed by atoms with Crippen molar-refractivity contribution < 1.29 is 19.1 Å². The Labute approximate surface area is 127 Å². The lowest BCUT2D eigenvalue weighted by molar-refractivity contribution is -0.150. The number of carbonyl (C=O) groups is 2. The van der Waals surface area contributed by atoms with Gasteiger partial charge in [0.2, 0.25) is 0 Å². The molecule has 1 saturated heterocycles. The molecule has 21 heavy (non-hydrogen) atoms. The van der Waals surface area contributed by atoms with Crippen molar-refractivity contribution >= 4 is 12.0 Å². The third-order valence-corrected chi connectivity index (χ3v) is 3.45. The maximum absolute atomic E-state index is 12.3. The summed E-state index contributed by atoms with van der Waals surface area (Å²) >= 11 is 0. The molecule has 6 heteroatoms. The van der Waals surface area contributed by atoms with Gasteiger partial charge in [0.15, 0.2) is 0 Å². The number of nitrogens with one attached hydrogen (secondary N) is 1. The molecule has 2 amide bonds. The molecule has 1 aliphatic heterocycles. The fourth-order valence-electron chi connectivity index (χ4n) is 2.29. The highest BCUT2D eigenvalue weighted by molar-refractivity contribution is 5.85. The van der Waals surface area contributed by atoms with Gasteiger partial charge in [-0.1, -0.05) is 0 Å². The van der Waals surface area contributed by atoms with E-state index in [0.717, 1.165) is 0 Å². The molecule has 1 rings (SSSR count). The smallest absolute Gasteiger partial charge is 0.410 e. The van der Waals surface area contributed by atoms with Gasteiger partial charge in [-0.3, -0.25) is 4.79 Å². The van der Waals surface area contributed by atoms with E-state index in [-0.39, 0.29) is 18.0 Å². The molecule has 0 aliphatic carbocycles. The average Bonchev–Trinajstić information content (AvgIpc) is 2.36. The summed E-state index contributed by atoms with van der Waals surface area (Å²) < 4.78 is 10.8. The monoisotopic (exact) mass is 300 g/mol. The normalized spacial score (nSPS) is 18.5. The van der Waals surface area contributed by atoms with Crippen LogP contribution in [0, 0.1) is 0 Å². The quantitative estimate of drug-likeness (QED) is 0.864. The topological polar surface area (TPSA) is 67.9 Å². The van der Waals surface area contributed by atoms with Gasteiger partial charge < -0.3 is 19.7 Å². The molecule has 1 fully saturated rings. The van der Waals surface area contributed by atoms with E-state index in [1.807, 2.05) is 34.6 Å². The van der Waals surface area contributed by atoms with Crippen molar-refractivity contribution in [1.82, 2.24) is 10.2 Å². The molecule has 122 valence electrons. The predicted molar refractivity (Wildman–Crippen MR) is 80.1 cm³/mol. The number of ether oxygens (including phenoxy) is 2. The Hall–Kier alpha value is -1.30. The number of likely N-dealkylation sites (tertiary alicyclic amines) is 1. The van der Waals surface area contributed by atoms with E-state index in [2.05, 4.69) is 5.32 Å². The maximum Gasteiger partial charge on any atom is 0.410 e. The van der Waals surface area contributed by atoms with Gasteiger partial charge in [0.05, 0.1) is 0 Å². The minimum atomic E-state index is -0.844. The molecular formula is C15H28N2O4. The summed E-state index contributed by atoms with van der Waals surface area (Å²) in [4.78, 5) is 25.9. The first-order valence-electron chi connectivity index (χ1n) is 7.44. The van der Waals surface area contributed by atoms with Gasteiger partial charge in [-0.05, 0) is 34.6 Å². The van der Waals surface area contributed by atoms with Crippen molar-refractivity contribution in [3.8, 4) is 0 Å². The van der Waals surface area contributed by atoms with Crippen LogP contribution in [0.25, 0.3) is 0 Å². The molecule has 0 bridgehead atoms. The van der Waals surface area contributed by atoms with Gasteiger partial charge in [-0.2, -0.15) is 0 Å². The summed E-state index contributed by atoms with van der Waals surface area (Å²) in [6.07, 6.45) is 0.610. The second kappa shape index (κ2) is 6.64. The van der Waals surface area contributed by atoms with Crippen LogP contribution in [0.15, 0.2) is 0 Å². The van der Waals surface area contributed by atoms with E-state index < -0.39 is 11.2 Å². The number of hydrogen-bond donors (Lipinski definition) is 1. The van der Waals surface area contributed by atoms with Crippen LogP contribution < -0.4 is 5.32 Å². The summed E-state index contributed by atoms with van der Waals surface area (Å²) in [6.45, 7) is 10.2. The van der Waals surface area contributed by atoms with Crippen LogP contribution in [0.5, 0.6) is 0 Å². The van der Waals surface area contributed by atoms with Crippen LogP contribution in [-0.4, -0.2) is 54.3 Å². The first kappa shape index (κ1) is 17.8. The highest BCUT2D eigenvalue weighted by Crippen LogP contribution is 2.27. The third kappa shape index (κ3) is 4.88. The molecule has 0 aromatic carbocycles. The Morgan fingerprint density at radius 2 is 1.71 bits per heavy atom. The minimum absolute atomic E-state index is 0.0633. The molecule has 0 atom stereocenters. The van der Waals surface area contributed by atoms with E-state index in [1.165, 1.54) is 0 Å². The largest absolute Gasteiger partial charge is 0.444 e. The van der Waals surface area contributed by atoms with E-state index in [1.54, 1.807) is 12.0 Å². The van der Waals surface area contributed by atoms with Crippen LogP contribution in [0.4, 0.5) is 4.79 Å². The molecule has 1 aliphatic rings. The van der Waals surface area contributed by atoms with Gasteiger partial charge in [0.1, 0.15) is 11.2 Å². The number of carbonyl (C=O) groups excluding carboxylic acids is 2. The Kier molecular flexibility index (Phi) is 5.61. The molecule has 0 radical (unpaired) electrons. The van der Waals surface area contributed by atoms with Crippen molar-refractivity contribution in [2.24, 2.45) is 0 Å². The van der Waals surface area contributed by atoms with Crippen LogP contribution in [0.2, 0.25) is 0 Å². The van der Waals surface area contributed by atoms with Crippen LogP contribution in [0.3, 0.4) is 0 Å². The fraction of sp³-hybridized carbons (Fsp3) is 0.867. The predicted octanol–water partition coefficient (Wildman–Crippen LogP) is 1.93. The number of hydrogen-bond acceptors (Lipinski definition) is 4. The Morgan fingerprint density at radius 1 is 1.19 bits per heavy atom.